The first-order valence-electron chi connectivity index (χ1n) is 7.60. The van der Waals surface area contributed by atoms with Crippen molar-refractivity contribution in [1.29, 1.82) is 5.41 Å². The van der Waals surface area contributed by atoms with Gasteiger partial charge in [-0.15, -0.1) is 0 Å². The number of hydrogen-bond acceptors (Lipinski definition) is 7. The van der Waals surface area contributed by atoms with Gasteiger partial charge in [-0.1, -0.05) is 12.1 Å². The lowest BCUT2D eigenvalue weighted by molar-refractivity contribution is -0.113. The molecular weight excluding hydrogens is 354 g/mol. The van der Waals surface area contributed by atoms with Gasteiger partial charge in [0.05, 0.1) is 12.0 Å². The highest BCUT2D eigenvalue weighted by Crippen LogP contribution is 2.36. The Morgan fingerprint density at radius 1 is 1.19 bits per heavy atom. The number of hydrogen-bond donors (Lipinski definition) is 1. The van der Waals surface area contributed by atoms with Crippen LogP contribution in [0.15, 0.2) is 58.3 Å². The highest BCUT2D eigenvalue weighted by atomic mass is 32.2. The predicted molar refractivity (Wildman–Crippen MR) is 97.4 cm³/mol. The summed E-state index contributed by atoms with van der Waals surface area (Å²) < 4.78 is 11.7. The summed E-state index contributed by atoms with van der Waals surface area (Å²) in [5, 5.41) is 15.9. The summed E-state index contributed by atoms with van der Waals surface area (Å²) in [5.41, 5.74) is 0.804. The molecule has 0 unspecified atom stereocenters. The van der Waals surface area contributed by atoms with E-state index in [0.717, 1.165) is 17.3 Å². The Balaban J connectivity index is 1.68. The molecule has 1 N–H and O–H groups in total. The quantitative estimate of drug-likeness (QED) is 0.712. The second kappa shape index (κ2) is 6.52. The van der Waals surface area contributed by atoms with Crippen molar-refractivity contribution in [3.63, 3.8) is 0 Å². The first kappa shape index (κ1) is 16.2. The molecule has 0 radical (unpaired) electrons. The number of nitrogens with one attached hydrogen (secondary N) is 1. The van der Waals surface area contributed by atoms with Crippen LogP contribution < -0.4 is 9.64 Å². The second-order valence-electron chi connectivity index (χ2n) is 5.33. The van der Waals surface area contributed by atoms with Gasteiger partial charge in [0.2, 0.25) is 11.6 Å². The standard InChI is InChI=1S/C17H13N5O3S/c1-24-12-6-4-5-11(9-12)10-13-16(23)22(17(18)26-13)15-14(19-25-20-15)21-7-2-3-8-21/h2-10,18H,1H3. The number of methoxy groups -OCH3 is 1. The summed E-state index contributed by atoms with van der Waals surface area (Å²) in [6.07, 6.45) is 5.23. The van der Waals surface area contributed by atoms with Gasteiger partial charge in [-0.3, -0.25) is 10.2 Å². The van der Waals surface area contributed by atoms with E-state index in [9.17, 15) is 4.79 Å². The maximum Gasteiger partial charge on any atom is 0.272 e. The van der Waals surface area contributed by atoms with Gasteiger partial charge in [0.25, 0.3) is 5.91 Å². The minimum Gasteiger partial charge on any atom is -0.497 e. The Hall–Kier alpha value is -3.33. The van der Waals surface area contributed by atoms with Crippen LogP contribution in [-0.2, 0) is 4.79 Å². The Morgan fingerprint density at radius 3 is 2.73 bits per heavy atom. The van der Waals surface area contributed by atoms with E-state index >= 15 is 0 Å². The molecule has 1 saturated heterocycles. The molecule has 0 atom stereocenters. The number of amidine groups is 1. The van der Waals surface area contributed by atoms with Crippen LogP contribution in [-0.4, -0.2) is 33.1 Å². The Labute approximate surface area is 152 Å². The SMILES string of the molecule is COc1cccc(C=C2SC(=N)N(c3nonc3-n3cccc3)C2=O)c1. The van der Waals surface area contributed by atoms with Crippen molar-refractivity contribution in [2.75, 3.05) is 12.0 Å². The normalized spacial score (nSPS) is 15.9. The number of aromatic nitrogens is 3. The molecule has 3 aromatic rings. The molecule has 1 aliphatic heterocycles. The highest BCUT2D eigenvalue weighted by molar-refractivity contribution is 8.19. The molecule has 3 heterocycles. The van der Waals surface area contributed by atoms with Crippen molar-refractivity contribution in [3.8, 4) is 11.6 Å². The number of carbonyl (C=O) groups is 1. The molecule has 26 heavy (non-hydrogen) atoms. The van der Waals surface area contributed by atoms with E-state index in [0.29, 0.717) is 16.5 Å². The van der Waals surface area contributed by atoms with Crippen LogP contribution in [0, 0.1) is 5.41 Å². The first-order valence-corrected chi connectivity index (χ1v) is 8.41. The number of ether oxygens (including phenoxy) is 1. The molecule has 0 bridgehead atoms. The fourth-order valence-electron chi connectivity index (χ4n) is 2.52. The molecule has 1 aromatic carbocycles. The molecule has 0 saturated carbocycles. The van der Waals surface area contributed by atoms with E-state index in [1.54, 1.807) is 30.1 Å². The first-order chi connectivity index (χ1) is 12.7. The van der Waals surface area contributed by atoms with Crippen LogP contribution in [0.4, 0.5) is 5.82 Å². The lowest BCUT2D eigenvalue weighted by Crippen LogP contribution is -2.29. The van der Waals surface area contributed by atoms with E-state index in [1.807, 2.05) is 36.4 Å². The maximum atomic E-state index is 12.8. The van der Waals surface area contributed by atoms with Crippen molar-refractivity contribution < 1.29 is 14.2 Å². The average molecular weight is 367 g/mol. The number of amides is 1. The van der Waals surface area contributed by atoms with E-state index < -0.39 is 0 Å². The van der Waals surface area contributed by atoms with Gasteiger partial charge in [0.1, 0.15) is 5.75 Å². The molecule has 2 aromatic heterocycles. The smallest absolute Gasteiger partial charge is 0.272 e. The van der Waals surface area contributed by atoms with Crippen molar-refractivity contribution in [2.45, 2.75) is 0 Å². The van der Waals surface area contributed by atoms with Gasteiger partial charge in [0.15, 0.2) is 5.17 Å². The van der Waals surface area contributed by atoms with Crippen LogP contribution in [0.5, 0.6) is 5.75 Å². The largest absolute Gasteiger partial charge is 0.497 e. The highest BCUT2D eigenvalue weighted by Gasteiger charge is 2.37. The van der Waals surface area contributed by atoms with Gasteiger partial charge in [-0.05, 0) is 58.0 Å². The molecule has 1 fully saturated rings. The van der Waals surface area contributed by atoms with Gasteiger partial charge >= 0.3 is 0 Å². The van der Waals surface area contributed by atoms with Crippen LogP contribution in [0.1, 0.15) is 5.56 Å². The number of rotatable bonds is 4. The van der Waals surface area contributed by atoms with Gasteiger partial charge < -0.3 is 9.30 Å². The van der Waals surface area contributed by atoms with E-state index in [1.165, 1.54) is 4.90 Å². The van der Waals surface area contributed by atoms with E-state index in [4.69, 9.17) is 14.8 Å². The minimum atomic E-state index is -0.355. The number of benzene rings is 1. The maximum absolute atomic E-state index is 12.8. The fraction of sp³-hybridized carbons (Fsp3) is 0.0588. The summed E-state index contributed by atoms with van der Waals surface area (Å²) >= 11 is 1.06. The van der Waals surface area contributed by atoms with Gasteiger partial charge in [-0.2, -0.15) is 0 Å². The summed E-state index contributed by atoms with van der Waals surface area (Å²) in [4.78, 5) is 14.4. The van der Waals surface area contributed by atoms with Crippen molar-refractivity contribution >= 4 is 34.7 Å². The van der Waals surface area contributed by atoms with Crippen molar-refractivity contribution in [1.82, 2.24) is 14.9 Å². The molecule has 0 aliphatic carbocycles. The van der Waals surface area contributed by atoms with Crippen LogP contribution in [0.25, 0.3) is 11.9 Å². The third kappa shape index (κ3) is 2.78. The summed E-state index contributed by atoms with van der Waals surface area (Å²) in [5.74, 6) is 0.860. The monoisotopic (exact) mass is 367 g/mol. The zero-order valence-corrected chi connectivity index (χ0v) is 14.4. The number of nitrogens with zero attached hydrogens (tertiary/aromatic N) is 4. The van der Waals surface area contributed by atoms with E-state index in [2.05, 4.69) is 10.3 Å². The third-order valence-electron chi connectivity index (χ3n) is 3.73. The predicted octanol–water partition coefficient (Wildman–Crippen LogP) is 2.92. The molecule has 1 aliphatic rings. The summed E-state index contributed by atoms with van der Waals surface area (Å²) in [6, 6.07) is 11.0. The molecule has 8 nitrogen and oxygen atoms in total. The summed E-state index contributed by atoms with van der Waals surface area (Å²) in [6.45, 7) is 0. The molecule has 9 heteroatoms. The topological polar surface area (TPSA) is 97.2 Å². The minimum absolute atomic E-state index is 0.0354. The Bertz CT molecular complexity index is 1010. The Morgan fingerprint density at radius 2 is 1.96 bits per heavy atom. The lowest BCUT2D eigenvalue weighted by Gasteiger charge is -2.11. The van der Waals surface area contributed by atoms with Gasteiger partial charge in [0, 0.05) is 12.4 Å². The summed E-state index contributed by atoms with van der Waals surface area (Å²) in [7, 11) is 1.58. The number of carbonyl (C=O) groups excluding carboxylic acids is 1. The van der Waals surface area contributed by atoms with E-state index in [-0.39, 0.29) is 16.9 Å². The Kier molecular flexibility index (Phi) is 4.05. The molecule has 4 rings (SSSR count). The molecule has 0 spiro atoms. The zero-order valence-electron chi connectivity index (χ0n) is 13.6. The van der Waals surface area contributed by atoms with Crippen LogP contribution in [0.3, 0.4) is 0 Å². The third-order valence-corrected chi connectivity index (χ3v) is 4.62. The fourth-order valence-corrected chi connectivity index (χ4v) is 3.36. The molecule has 130 valence electrons. The van der Waals surface area contributed by atoms with Crippen LogP contribution >= 0.6 is 11.8 Å². The molecular formula is C17H13N5O3S. The molecule has 1 amide bonds. The zero-order chi connectivity index (χ0) is 18.1. The van der Waals surface area contributed by atoms with Crippen LogP contribution in [0.2, 0.25) is 0 Å². The average Bonchev–Trinajstić information content (AvgIpc) is 3.36. The van der Waals surface area contributed by atoms with Crippen molar-refractivity contribution in [2.24, 2.45) is 0 Å². The second-order valence-corrected chi connectivity index (χ2v) is 6.37. The number of thioether (sulfide) groups is 1. The van der Waals surface area contributed by atoms with Crippen molar-refractivity contribution in [3.05, 3.63) is 59.3 Å². The number of anilines is 1. The lowest BCUT2D eigenvalue weighted by atomic mass is 10.2. The van der Waals surface area contributed by atoms with Gasteiger partial charge in [-0.25, -0.2) is 9.53 Å².